The van der Waals surface area contributed by atoms with Crippen LogP contribution in [0.25, 0.3) is 0 Å². The highest BCUT2D eigenvalue weighted by Gasteiger charge is 2.35. The van der Waals surface area contributed by atoms with Gasteiger partial charge in [0.1, 0.15) is 0 Å². The van der Waals surface area contributed by atoms with Gasteiger partial charge in [0, 0.05) is 51.3 Å². The number of anilines is 1. The molecule has 1 aromatic carbocycles. The van der Waals surface area contributed by atoms with Crippen molar-refractivity contribution in [3.8, 4) is 0 Å². The van der Waals surface area contributed by atoms with E-state index in [9.17, 15) is 18.0 Å². The molecule has 3 aliphatic rings. The first kappa shape index (κ1) is 20.3. The van der Waals surface area contributed by atoms with Crippen molar-refractivity contribution in [3.63, 3.8) is 0 Å². The molecule has 8 heteroatoms. The Labute approximate surface area is 172 Å². The molecule has 0 unspecified atom stereocenters. The van der Waals surface area contributed by atoms with Crippen LogP contribution in [0.15, 0.2) is 23.1 Å². The summed E-state index contributed by atoms with van der Waals surface area (Å²) in [5.74, 6) is 0.108. The van der Waals surface area contributed by atoms with Gasteiger partial charge in [-0.05, 0) is 62.3 Å². The summed E-state index contributed by atoms with van der Waals surface area (Å²) >= 11 is 0. The molecule has 0 radical (unpaired) electrons. The maximum atomic E-state index is 13.2. The van der Waals surface area contributed by atoms with Crippen molar-refractivity contribution < 1.29 is 18.0 Å². The van der Waals surface area contributed by atoms with Crippen LogP contribution < -0.4 is 4.90 Å². The molecule has 3 aliphatic heterocycles. The lowest BCUT2D eigenvalue weighted by Gasteiger charge is -2.33. The lowest BCUT2D eigenvalue weighted by molar-refractivity contribution is -0.135. The number of amides is 2. The van der Waals surface area contributed by atoms with E-state index < -0.39 is 10.0 Å². The monoisotopic (exact) mass is 419 g/mol. The van der Waals surface area contributed by atoms with Crippen molar-refractivity contribution in [1.29, 1.82) is 0 Å². The van der Waals surface area contributed by atoms with Gasteiger partial charge < -0.3 is 9.80 Å². The van der Waals surface area contributed by atoms with Gasteiger partial charge in [-0.1, -0.05) is 0 Å². The van der Waals surface area contributed by atoms with E-state index in [0.717, 1.165) is 50.0 Å². The van der Waals surface area contributed by atoms with E-state index in [1.165, 1.54) is 11.2 Å². The molecular formula is C21H29N3O4S. The fourth-order valence-electron chi connectivity index (χ4n) is 4.75. The van der Waals surface area contributed by atoms with Gasteiger partial charge in [0.15, 0.2) is 0 Å². The molecule has 4 rings (SSSR count). The second kappa shape index (κ2) is 8.07. The zero-order valence-electron chi connectivity index (χ0n) is 17.0. The van der Waals surface area contributed by atoms with Gasteiger partial charge >= 0.3 is 0 Å². The Balaban J connectivity index is 1.47. The molecule has 158 valence electrons. The molecule has 0 saturated carbocycles. The minimum atomic E-state index is -3.60. The number of rotatable bonds is 3. The van der Waals surface area contributed by atoms with Gasteiger partial charge in [-0.15, -0.1) is 0 Å². The molecule has 0 spiro atoms. The summed E-state index contributed by atoms with van der Waals surface area (Å²) in [5, 5.41) is 0. The number of sulfonamides is 1. The highest BCUT2D eigenvalue weighted by atomic mass is 32.2. The Morgan fingerprint density at radius 2 is 1.66 bits per heavy atom. The third-order valence-electron chi connectivity index (χ3n) is 6.41. The van der Waals surface area contributed by atoms with Gasteiger partial charge in [-0.2, -0.15) is 4.31 Å². The summed E-state index contributed by atoms with van der Waals surface area (Å²) in [4.78, 5) is 28.4. The first-order chi connectivity index (χ1) is 13.9. The third kappa shape index (κ3) is 3.92. The van der Waals surface area contributed by atoms with Crippen LogP contribution in [-0.4, -0.2) is 62.2 Å². The fourth-order valence-corrected chi connectivity index (χ4v) is 6.27. The number of piperidine rings is 1. The first-order valence-electron chi connectivity index (χ1n) is 10.6. The standard InChI is InChI=1S/C21H29N3O4S/c1-16(25)24-12-4-5-18-15-19(6-7-20(18)24)29(27,28)23-13-8-17(9-14-23)21(26)22-10-2-3-11-22/h6-7,15,17H,2-5,8-14H2,1H3. The van der Waals surface area contributed by atoms with E-state index in [1.54, 1.807) is 23.1 Å². The second-order valence-corrected chi connectivity index (χ2v) is 10.2. The van der Waals surface area contributed by atoms with Gasteiger partial charge in [-0.25, -0.2) is 8.42 Å². The molecule has 2 saturated heterocycles. The number of carbonyl (C=O) groups is 2. The Bertz CT molecular complexity index is 901. The van der Waals surface area contributed by atoms with Gasteiger partial charge in [0.05, 0.1) is 4.90 Å². The molecule has 1 aromatic rings. The summed E-state index contributed by atoms with van der Waals surface area (Å²) in [5.41, 5.74) is 1.73. The van der Waals surface area contributed by atoms with E-state index in [0.29, 0.717) is 32.5 Å². The Morgan fingerprint density at radius 3 is 2.31 bits per heavy atom. The zero-order chi connectivity index (χ0) is 20.6. The second-order valence-electron chi connectivity index (χ2n) is 8.28. The molecule has 0 atom stereocenters. The number of nitrogens with zero attached hydrogens (tertiary/aromatic N) is 3. The predicted molar refractivity (Wildman–Crippen MR) is 110 cm³/mol. The SMILES string of the molecule is CC(=O)N1CCCc2cc(S(=O)(=O)N3CCC(C(=O)N4CCCC4)CC3)ccc21. The van der Waals surface area contributed by atoms with Crippen molar-refractivity contribution in [2.24, 2.45) is 5.92 Å². The van der Waals surface area contributed by atoms with Crippen molar-refractivity contribution in [1.82, 2.24) is 9.21 Å². The van der Waals surface area contributed by atoms with Crippen molar-refractivity contribution in [2.75, 3.05) is 37.6 Å². The van der Waals surface area contributed by atoms with Gasteiger partial charge in [0.25, 0.3) is 0 Å². The van der Waals surface area contributed by atoms with E-state index in [-0.39, 0.29) is 22.6 Å². The maximum absolute atomic E-state index is 13.2. The molecule has 2 amide bonds. The summed E-state index contributed by atoms with van der Waals surface area (Å²) < 4.78 is 27.9. The summed E-state index contributed by atoms with van der Waals surface area (Å²) in [6, 6.07) is 5.09. The minimum Gasteiger partial charge on any atom is -0.342 e. The van der Waals surface area contributed by atoms with Gasteiger partial charge in [-0.3, -0.25) is 9.59 Å². The number of aryl methyl sites for hydroxylation is 1. The molecule has 0 N–H and O–H groups in total. The lowest BCUT2D eigenvalue weighted by Crippen LogP contribution is -2.43. The number of fused-ring (bicyclic) bond motifs is 1. The number of carbonyl (C=O) groups excluding carboxylic acids is 2. The maximum Gasteiger partial charge on any atom is 0.243 e. The molecule has 0 aliphatic carbocycles. The first-order valence-corrected chi connectivity index (χ1v) is 12.0. The van der Waals surface area contributed by atoms with Crippen LogP contribution in [0.2, 0.25) is 0 Å². The van der Waals surface area contributed by atoms with Crippen LogP contribution in [0.4, 0.5) is 5.69 Å². The Hall–Kier alpha value is -1.93. The highest BCUT2D eigenvalue weighted by molar-refractivity contribution is 7.89. The van der Waals surface area contributed by atoms with Crippen molar-refractivity contribution >= 4 is 27.5 Å². The molecule has 7 nitrogen and oxygen atoms in total. The molecule has 0 aromatic heterocycles. The van der Waals surface area contributed by atoms with Crippen molar-refractivity contribution in [3.05, 3.63) is 23.8 Å². The Kier molecular flexibility index (Phi) is 5.66. The van der Waals surface area contributed by atoms with Crippen LogP contribution in [0.1, 0.15) is 44.6 Å². The molecular weight excluding hydrogens is 390 g/mol. The van der Waals surface area contributed by atoms with E-state index in [4.69, 9.17) is 0 Å². The fraction of sp³-hybridized carbons (Fsp3) is 0.619. The predicted octanol–water partition coefficient (Wildman–Crippen LogP) is 2.01. The van der Waals surface area contributed by atoms with Crippen LogP contribution in [0.3, 0.4) is 0 Å². The molecule has 0 bridgehead atoms. The molecule has 2 fully saturated rings. The Morgan fingerprint density at radius 1 is 0.966 bits per heavy atom. The normalized spacial score (nSPS) is 21.3. The number of hydrogen-bond acceptors (Lipinski definition) is 4. The largest absolute Gasteiger partial charge is 0.342 e. The quantitative estimate of drug-likeness (QED) is 0.751. The molecule has 3 heterocycles. The van der Waals surface area contributed by atoms with E-state index >= 15 is 0 Å². The topological polar surface area (TPSA) is 78.0 Å². The average molecular weight is 420 g/mol. The van der Waals surface area contributed by atoms with Gasteiger partial charge in [0.2, 0.25) is 21.8 Å². The van der Waals surface area contributed by atoms with E-state index in [1.807, 2.05) is 4.90 Å². The van der Waals surface area contributed by atoms with Crippen LogP contribution in [0.5, 0.6) is 0 Å². The van der Waals surface area contributed by atoms with Crippen LogP contribution in [-0.2, 0) is 26.0 Å². The van der Waals surface area contributed by atoms with Crippen molar-refractivity contribution in [2.45, 2.75) is 50.3 Å². The summed E-state index contributed by atoms with van der Waals surface area (Å²) in [6.07, 6.45) is 4.90. The highest BCUT2D eigenvalue weighted by Crippen LogP contribution is 2.32. The van der Waals surface area contributed by atoms with Crippen LogP contribution >= 0.6 is 0 Å². The smallest absolute Gasteiger partial charge is 0.243 e. The zero-order valence-corrected chi connectivity index (χ0v) is 17.8. The minimum absolute atomic E-state index is 0.0219. The third-order valence-corrected chi connectivity index (χ3v) is 8.30. The molecule has 29 heavy (non-hydrogen) atoms. The summed E-state index contributed by atoms with van der Waals surface area (Å²) in [6.45, 7) is 4.64. The number of likely N-dealkylation sites (tertiary alicyclic amines) is 1. The lowest BCUT2D eigenvalue weighted by atomic mass is 9.97. The van der Waals surface area contributed by atoms with Crippen LogP contribution in [0, 0.1) is 5.92 Å². The van der Waals surface area contributed by atoms with E-state index in [2.05, 4.69) is 0 Å². The average Bonchev–Trinajstić information content (AvgIpc) is 3.27. The number of hydrogen-bond donors (Lipinski definition) is 0. The summed E-state index contributed by atoms with van der Waals surface area (Å²) in [7, 11) is -3.60. The number of benzene rings is 1.